The lowest BCUT2D eigenvalue weighted by Gasteiger charge is -2.33. The van der Waals surface area contributed by atoms with Gasteiger partial charge in [0, 0.05) is 31.6 Å². The first-order valence-corrected chi connectivity index (χ1v) is 7.79. The molecular formula is C15H29N3O. The molecule has 0 bridgehead atoms. The average molecular weight is 267 g/mol. The molecule has 2 heterocycles. The monoisotopic (exact) mass is 267 g/mol. The summed E-state index contributed by atoms with van der Waals surface area (Å²) in [5.74, 6) is 0.969. The molecule has 0 saturated carbocycles. The van der Waals surface area contributed by atoms with Gasteiger partial charge in [-0.25, -0.2) is 0 Å². The van der Waals surface area contributed by atoms with Crippen molar-refractivity contribution < 1.29 is 4.79 Å². The lowest BCUT2D eigenvalue weighted by atomic mass is 9.90. The summed E-state index contributed by atoms with van der Waals surface area (Å²) in [6, 6.07) is 0.730. The van der Waals surface area contributed by atoms with Gasteiger partial charge in [0.2, 0.25) is 5.91 Å². The highest BCUT2D eigenvalue weighted by Gasteiger charge is 2.28. The van der Waals surface area contributed by atoms with Crippen molar-refractivity contribution in [2.24, 2.45) is 5.92 Å². The van der Waals surface area contributed by atoms with E-state index < -0.39 is 0 Å². The number of hydrogen-bond donors (Lipinski definition) is 1. The summed E-state index contributed by atoms with van der Waals surface area (Å²) in [5, 5.41) is 3.52. The molecule has 2 aliphatic rings. The Kier molecular flexibility index (Phi) is 5.22. The topological polar surface area (TPSA) is 35.6 Å². The first-order valence-electron chi connectivity index (χ1n) is 7.79. The Morgan fingerprint density at radius 1 is 1.26 bits per heavy atom. The minimum Gasteiger partial charge on any atom is -0.339 e. The Morgan fingerprint density at radius 3 is 2.79 bits per heavy atom. The summed E-state index contributed by atoms with van der Waals surface area (Å²) in [6.45, 7) is 8.54. The smallest absolute Gasteiger partial charge is 0.224 e. The van der Waals surface area contributed by atoms with Crippen LogP contribution in [0.5, 0.6) is 0 Å². The van der Waals surface area contributed by atoms with E-state index in [0.29, 0.717) is 30.3 Å². The number of likely N-dealkylation sites (N-methyl/N-ethyl adjacent to an activating group) is 1. The van der Waals surface area contributed by atoms with Gasteiger partial charge in [0.15, 0.2) is 0 Å². The highest BCUT2D eigenvalue weighted by atomic mass is 16.2. The molecule has 2 saturated heterocycles. The lowest BCUT2D eigenvalue weighted by Crippen LogP contribution is -2.47. The summed E-state index contributed by atoms with van der Waals surface area (Å²) in [4.78, 5) is 17.0. The van der Waals surface area contributed by atoms with E-state index >= 15 is 0 Å². The van der Waals surface area contributed by atoms with Crippen LogP contribution in [0.15, 0.2) is 0 Å². The number of carbonyl (C=O) groups is 1. The summed E-state index contributed by atoms with van der Waals surface area (Å²) >= 11 is 0. The maximum Gasteiger partial charge on any atom is 0.224 e. The number of rotatable bonds is 2. The SMILES string of the molecule is CC1CCCNC1CC(=O)N1CCCN(C)CC1C. The van der Waals surface area contributed by atoms with Gasteiger partial charge >= 0.3 is 0 Å². The molecule has 0 spiro atoms. The van der Waals surface area contributed by atoms with Gasteiger partial charge in [0.25, 0.3) is 0 Å². The van der Waals surface area contributed by atoms with E-state index in [-0.39, 0.29) is 0 Å². The molecule has 2 fully saturated rings. The van der Waals surface area contributed by atoms with Crippen LogP contribution in [0.4, 0.5) is 0 Å². The van der Waals surface area contributed by atoms with Gasteiger partial charge in [0.05, 0.1) is 0 Å². The first kappa shape index (κ1) is 14.8. The van der Waals surface area contributed by atoms with Gasteiger partial charge in [-0.2, -0.15) is 0 Å². The average Bonchev–Trinajstić information content (AvgIpc) is 2.53. The van der Waals surface area contributed by atoms with Crippen molar-refractivity contribution in [3.8, 4) is 0 Å². The molecule has 4 nitrogen and oxygen atoms in total. The van der Waals surface area contributed by atoms with Crippen molar-refractivity contribution in [3.05, 3.63) is 0 Å². The van der Waals surface area contributed by atoms with E-state index in [4.69, 9.17) is 0 Å². The van der Waals surface area contributed by atoms with Gasteiger partial charge in [-0.1, -0.05) is 6.92 Å². The second-order valence-electron chi connectivity index (χ2n) is 6.44. The zero-order valence-electron chi connectivity index (χ0n) is 12.7. The molecule has 110 valence electrons. The predicted molar refractivity (Wildman–Crippen MR) is 78.1 cm³/mol. The molecule has 2 aliphatic heterocycles. The van der Waals surface area contributed by atoms with Crippen LogP contribution in [0, 0.1) is 5.92 Å². The van der Waals surface area contributed by atoms with Crippen LogP contribution in [-0.2, 0) is 4.79 Å². The first-order chi connectivity index (χ1) is 9.08. The van der Waals surface area contributed by atoms with Gasteiger partial charge in [0.1, 0.15) is 0 Å². The Labute approximate surface area is 117 Å². The van der Waals surface area contributed by atoms with Crippen molar-refractivity contribution in [2.45, 2.75) is 51.6 Å². The second-order valence-corrected chi connectivity index (χ2v) is 6.44. The molecule has 0 aliphatic carbocycles. The van der Waals surface area contributed by atoms with Crippen molar-refractivity contribution in [1.29, 1.82) is 0 Å². The molecule has 1 N–H and O–H groups in total. The van der Waals surface area contributed by atoms with Crippen LogP contribution in [0.1, 0.15) is 39.5 Å². The summed E-state index contributed by atoms with van der Waals surface area (Å²) < 4.78 is 0. The van der Waals surface area contributed by atoms with Crippen LogP contribution in [0.3, 0.4) is 0 Å². The highest BCUT2D eigenvalue weighted by Crippen LogP contribution is 2.20. The Balaban J connectivity index is 1.90. The third-order valence-electron chi connectivity index (χ3n) is 4.69. The third kappa shape index (κ3) is 3.93. The number of nitrogens with one attached hydrogen (secondary N) is 1. The number of amides is 1. The molecular weight excluding hydrogens is 238 g/mol. The fourth-order valence-corrected chi connectivity index (χ4v) is 3.44. The molecule has 4 heteroatoms. The summed E-state index contributed by atoms with van der Waals surface area (Å²) in [7, 11) is 2.15. The van der Waals surface area contributed by atoms with Crippen molar-refractivity contribution in [3.63, 3.8) is 0 Å². The number of nitrogens with zero attached hydrogens (tertiary/aromatic N) is 2. The molecule has 19 heavy (non-hydrogen) atoms. The van der Waals surface area contributed by atoms with Crippen LogP contribution >= 0.6 is 0 Å². The molecule has 1 amide bonds. The normalized spacial score (nSPS) is 34.1. The van der Waals surface area contributed by atoms with Gasteiger partial charge in [-0.05, 0) is 52.2 Å². The van der Waals surface area contributed by atoms with E-state index in [1.807, 2.05) is 0 Å². The van der Waals surface area contributed by atoms with Gasteiger partial charge < -0.3 is 15.1 Å². The Morgan fingerprint density at radius 2 is 2.05 bits per heavy atom. The quantitative estimate of drug-likeness (QED) is 0.819. The third-order valence-corrected chi connectivity index (χ3v) is 4.69. The molecule has 0 aromatic carbocycles. The van der Waals surface area contributed by atoms with E-state index in [1.54, 1.807) is 0 Å². The Bertz CT molecular complexity index is 308. The van der Waals surface area contributed by atoms with Gasteiger partial charge in [-0.3, -0.25) is 4.79 Å². The molecule has 0 aromatic heterocycles. The minimum atomic E-state index is 0.342. The van der Waals surface area contributed by atoms with E-state index in [1.165, 1.54) is 12.8 Å². The van der Waals surface area contributed by atoms with Crippen LogP contribution < -0.4 is 5.32 Å². The van der Waals surface area contributed by atoms with Crippen molar-refractivity contribution >= 4 is 5.91 Å². The Hall–Kier alpha value is -0.610. The van der Waals surface area contributed by atoms with E-state index in [0.717, 1.165) is 32.6 Å². The zero-order chi connectivity index (χ0) is 13.8. The second kappa shape index (κ2) is 6.71. The predicted octanol–water partition coefficient (Wildman–Crippen LogP) is 1.32. The molecule has 2 rings (SSSR count). The largest absolute Gasteiger partial charge is 0.339 e. The zero-order valence-corrected chi connectivity index (χ0v) is 12.7. The standard InChI is InChI=1S/C15H29N3O/c1-12-6-4-7-16-14(12)10-15(19)18-9-5-8-17(3)11-13(18)2/h12-14,16H,4-11H2,1-3H3. The number of piperidine rings is 1. The molecule has 0 radical (unpaired) electrons. The number of hydrogen-bond acceptors (Lipinski definition) is 3. The lowest BCUT2D eigenvalue weighted by molar-refractivity contribution is -0.134. The van der Waals surface area contributed by atoms with Crippen LogP contribution in [0.25, 0.3) is 0 Å². The summed E-state index contributed by atoms with van der Waals surface area (Å²) in [6.07, 6.45) is 4.27. The summed E-state index contributed by atoms with van der Waals surface area (Å²) in [5.41, 5.74) is 0. The molecule has 0 aromatic rings. The fraction of sp³-hybridized carbons (Fsp3) is 0.933. The van der Waals surface area contributed by atoms with Gasteiger partial charge in [-0.15, -0.1) is 0 Å². The fourth-order valence-electron chi connectivity index (χ4n) is 3.44. The van der Waals surface area contributed by atoms with Crippen LogP contribution in [-0.4, -0.2) is 61.0 Å². The molecule has 3 atom stereocenters. The highest BCUT2D eigenvalue weighted by molar-refractivity contribution is 5.77. The minimum absolute atomic E-state index is 0.342. The van der Waals surface area contributed by atoms with E-state index in [2.05, 4.69) is 36.0 Å². The molecule has 3 unspecified atom stereocenters. The maximum absolute atomic E-state index is 12.5. The number of carbonyl (C=O) groups excluding carboxylic acids is 1. The van der Waals surface area contributed by atoms with Crippen molar-refractivity contribution in [1.82, 2.24) is 15.1 Å². The maximum atomic E-state index is 12.5. The van der Waals surface area contributed by atoms with Crippen LogP contribution in [0.2, 0.25) is 0 Å². The van der Waals surface area contributed by atoms with Crippen molar-refractivity contribution in [2.75, 3.05) is 33.2 Å². The van der Waals surface area contributed by atoms with E-state index in [9.17, 15) is 4.79 Å².